The number of halogens is 3. The first kappa shape index (κ1) is 13.4. The molecule has 94 valence electrons. The Hall–Kier alpha value is -1.03. The van der Waals surface area contributed by atoms with Crippen LogP contribution in [0.2, 0.25) is 0 Å². The van der Waals surface area contributed by atoms with Gasteiger partial charge in [0.25, 0.3) is 5.69 Å². The topological polar surface area (TPSA) is 43.1 Å². The summed E-state index contributed by atoms with van der Waals surface area (Å²) in [6, 6.07) is 5.95. The summed E-state index contributed by atoms with van der Waals surface area (Å²) < 4.78 is 0. The van der Waals surface area contributed by atoms with Gasteiger partial charge in [0.2, 0.25) is 0 Å². The SMILES string of the molecule is O=[N+]([O-])c1ccc(C2(Cl)C=CC=C(Cl)C2Cl)cc1. The molecule has 3 nitrogen and oxygen atoms in total. The summed E-state index contributed by atoms with van der Waals surface area (Å²) >= 11 is 18.6. The number of hydrogen-bond acceptors (Lipinski definition) is 2. The van der Waals surface area contributed by atoms with Gasteiger partial charge < -0.3 is 0 Å². The Kier molecular flexibility index (Phi) is 3.66. The molecular weight excluding hydrogens is 296 g/mol. The third kappa shape index (κ3) is 2.26. The molecule has 0 spiro atoms. The van der Waals surface area contributed by atoms with E-state index in [1.165, 1.54) is 12.1 Å². The van der Waals surface area contributed by atoms with E-state index in [0.717, 1.165) is 0 Å². The first-order chi connectivity index (χ1) is 8.45. The first-order valence-electron chi connectivity index (χ1n) is 5.08. The predicted octanol–water partition coefficient (Wildman–Crippen LogP) is 4.33. The summed E-state index contributed by atoms with van der Waals surface area (Å²) in [5, 5.41) is 10.4. The van der Waals surface area contributed by atoms with E-state index in [-0.39, 0.29) is 5.69 Å². The molecule has 6 heteroatoms. The zero-order chi connectivity index (χ0) is 13.3. The number of nitro benzene ring substituents is 1. The second-order valence-electron chi connectivity index (χ2n) is 3.85. The Labute approximate surface area is 119 Å². The second kappa shape index (κ2) is 4.92. The number of allylic oxidation sites excluding steroid dienone is 4. The van der Waals surface area contributed by atoms with E-state index in [4.69, 9.17) is 34.8 Å². The van der Waals surface area contributed by atoms with Crippen LogP contribution in [-0.2, 0) is 4.87 Å². The van der Waals surface area contributed by atoms with Crippen molar-refractivity contribution in [3.05, 3.63) is 63.2 Å². The van der Waals surface area contributed by atoms with Gasteiger partial charge in [-0.2, -0.15) is 0 Å². The summed E-state index contributed by atoms with van der Waals surface area (Å²) in [4.78, 5) is 9.14. The highest BCUT2D eigenvalue weighted by atomic mass is 35.5. The number of nitro groups is 1. The van der Waals surface area contributed by atoms with Gasteiger partial charge in [-0.15, -0.1) is 23.2 Å². The number of hydrogen-bond donors (Lipinski definition) is 0. The Morgan fingerprint density at radius 3 is 2.44 bits per heavy atom. The molecule has 0 bridgehead atoms. The number of benzene rings is 1. The normalized spacial score (nSPS) is 26.8. The molecule has 0 heterocycles. The number of nitrogens with zero attached hydrogens (tertiary/aromatic N) is 1. The fraction of sp³-hybridized carbons (Fsp3) is 0.167. The van der Waals surface area contributed by atoms with Crippen LogP contribution in [0.4, 0.5) is 5.69 Å². The summed E-state index contributed by atoms with van der Waals surface area (Å²) in [6.07, 6.45) is 5.11. The summed E-state index contributed by atoms with van der Waals surface area (Å²) in [7, 11) is 0. The molecule has 0 N–H and O–H groups in total. The highest BCUT2D eigenvalue weighted by Gasteiger charge is 2.38. The van der Waals surface area contributed by atoms with Crippen LogP contribution in [-0.4, -0.2) is 10.3 Å². The minimum absolute atomic E-state index is 0.00608. The monoisotopic (exact) mass is 303 g/mol. The van der Waals surface area contributed by atoms with Gasteiger partial charge >= 0.3 is 0 Å². The molecule has 0 saturated heterocycles. The van der Waals surface area contributed by atoms with Crippen molar-refractivity contribution >= 4 is 40.5 Å². The molecule has 1 aliphatic rings. The van der Waals surface area contributed by atoms with Crippen LogP contribution in [0.3, 0.4) is 0 Å². The Morgan fingerprint density at radius 1 is 1.28 bits per heavy atom. The molecule has 2 rings (SSSR count). The second-order valence-corrected chi connectivity index (χ2v) is 5.34. The van der Waals surface area contributed by atoms with E-state index < -0.39 is 15.2 Å². The molecule has 1 aromatic carbocycles. The number of non-ortho nitro benzene ring substituents is 1. The predicted molar refractivity (Wildman–Crippen MR) is 73.3 cm³/mol. The van der Waals surface area contributed by atoms with E-state index in [1.807, 2.05) is 0 Å². The quantitative estimate of drug-likeness (QED) is 0.464. The number of rotatable bonds is 2. The molecule has 0 saturated carbocycles. The lowest BCUT2D eigenvalue weighted by Gasteiger charge is -2.31. The summed E-state index contributed by atoms with van der Waals surface area (Å²) in [6.45, 7) is 0. The molecular formula is C12H8Cl3NO2. The van der Waals surface area contributed by atoms with Crippen LogP contribution >= 0.6 is 34.8 Å². The third-order valence-corrected chi connectivity index (χ3v) is 4.44. The highest BCUT2D eigenvalue weighted by molar-refractivity contribution is 6.42. The van der Waals surface area contributed by atoms with Gasteiger partial charge in [0, 0.05) is 17.2 Å². The van der Waals surface area contributed by atoms with Gasteiger partial charge in [-0.1, -0.05) is 35.9 Å². The van der Waals surface area contributed by atoms with Crippen LogP contribution in [0.15, 0.2) is 47.5 Å². The van der Waals surface area contributed by atoms with Crippen molar-refractivity contribution in [2.24, 2.45) is 0 Å². The average molecular weight is 305 g/mol. The van der Waals surface area contributed by atoms with Gasteiger partial charge in [-0.25, -0.2) is 0 Å². The van der Waals surface area contributed by atoms with Gasteiger partial charge in [0.15, 0.2) is 0 Å². The van der Waals surface area contributed by atoms with Crippen LogP contribution < -0.4 is 0 Å². The van der Waals surface area contributed by atoms with Crippen molar-refractivity contribution in [2.45, 2.75) is 10.3 Å². The van der Waals surface area contributed by atoms with Crippen molar-refractivity contribution < 1.29 is 4.92 Å². The Balaban J connectivity index is 2.39. The first-order valence-corrected chi connectivity index (χ1v) is 6.27. The molecule has 1 aliphatic carbocycles. The molecule has 0 aliphatic heterocycles. The largest absolute Gasteiger partial charge is 0.269 e. The minimum Gasteiger partial charge on any atom is -0.258 e. The van der Waals surface area contributed by atoms with Gasteiger partial charge in [-0.3, -0.25) is 10.1 Å². The van der Waals surface area contributed by atoms with E-state index >= 15 is 0 Å². The minimum atomic E-state index is -0.984. The lowest BCUT2D eigenvalue weighted by atomic mass is 9.91. The Morgan fingerprint density at radius 2 is 1.89 bits per heavy atom. The van der Waals surface area contributed by atoms with Crippen LogP contribution in [0.1, 0.15) is 5.56 Å². The van der Waals surface area contributed by atoms with E-state index in [1.54, 1.807) is 30.4 Å². The average Bonchev–Trinajstić information content (AvgIpc) is 2.36. The summed E-state index contributed by atoms with van der Waals surface area (Å²) in [5.74, 6) is 0. The molecule has 0 radical (unpaired) electrons. The third-order valence-electron chi connectivity index (χ3n) is 2.73. The van der Waals surface area contributed by atoms with Crippen LogP contribution in [0, 0.1) is 10.1 Å². The van der Waals surface area contributed by atoms with Crippen molar-refractivity contribution in [1.29, 1.82) is 0 Å². The maximum absolute atomic E-state index is 10.6. The van der Waals surface area contributed by atoms with Gasteiger partial charge in [0.05, 0.1) is 10.3 Å². The molecule has 2 atom stereocenters. The maximum Gasteiger partial charge on any atom is 0.269 e. The smallest absolute Gasteiger partial charge is 0.258 e. The van der Waals surface area contributed by atoms with Crippen molar-refractivity contribution in [1.82, 2.24) is 0 Å². The van der Waals surface area contributed by atoms with Crippen molar-refractivity contribution in [3.8, 4) is 0 Å². The Bertz CT molecular complexity index is 539. The van der Waals surface area contributed by atoms with Crippen LogP contribution in [0.5, 0.6) is 0 Å². The number of alkyl halides is 2. The maximum atomic E-state index is 10.6. The van der Waals surface area contributed by atoms with E-state index in [9.17, 15) is 10.1 Å². The zero-order valence-electron chi connectivity index (χ0n) is 9.02. The summed E-state index contributed by atoms with van der Waals surface area (Å²) in [5.41, 5.74) is 0.670. The molecule has 0 amide bonds. The van der Waals surface area contributed by atoms with E-state index in [0.29, 0.717) is 10.6 Å². The van der Waals surface area contributed by atoms with Gasteiger partial charge in [0.1, 0.15) is 4.87 Å². The standard InChI is InChI=1S/C12H8Cl3NO2/c13-10-2-1-7-12(15,11(10)14)8-3-5-9(6-4-8)16(17)18/h1-7,11H. The zero-order valence-corrected chi connectivity index (χ0v) is 11.3. The molecule has 0 aromatic heterocycles. The lowest BCUT2D eigenvalue weighted by molar-refractivity contribution is -0.384. The molecule has 2 unspecified atom stereocenters. The van der Waals surface area contributed by atoms with Crippen LogP contribution in [0.25, 0.3) is 0 Å². The highest BCUT2D eigenvalue weighted by Crippen LogP contribution is 2.44. The van der Waals surface area contributed by atoms with E-state index in [2.05, 4.69) is 0 Å². The molecule has 0 fully saturated rings. The fourth-order valence-corrected chi connectivity index (χ4v) is 2.62. The van der Waals surface area contributed by atoms with Crippen molar-refractivity contribution in [2.75, 3.05) is 0 Å². The van der Waals surface area contributed by atoms with Gasteiger partial charge in [-0.05, 0) is 11.6 Å². The van der Waals surface area contributed by atoms with Crippen molar-refractivity contribution in [3.63, 3.8) is 0 Å². The fourth-order valence-electron chi connectivity index (χ4n) is 1.73. The molecule has 1 aromatic rings. The lowest BCUT2D eigenvalue weighted by Crippen LogP contribution is -2.30. The molecule has 18 heavy (non-hydrogen) atoms.